The van der Waals surface area contributed by atoms with E-state index in [1.807, 2.05) is 24.3 Å². The van der Waals surface area contributed by atoms with Crippen molar-refractivity contribution in [1.29, 1.82) is 0 Å². The van der Waals surface area contributed by atoms with Gasteiger partial charge in [0.2, 0.25) is 20.0 Å². The van der Waals surface area contributed by atoms with Gasteiger partial charge in [-0.25, -0.2) is 21.1 Å². The third-order valence-electron chi connectivity index (χ3n) is 6.33. The molecule has 174 valence electrons. The molecule has 1 saturated heterocycles. The molecule has 0 atom stereocenters. The lowest BCUT2D eigenvalue weighted by atomic mass is 10.0. The second kappa shape index (κ2) is 8.86. The Morgan fingerprint density at radius 2 is 1.69 bits per heavy atom. The van der Waals surface area contributed by atoms with Crippen molar-refractivity contribution in [3.8, 4) is 0 Å². The molecule has 0 aliphatic carbocycles. The number of benzene rings is 1. The molecule has 1 amide bonds. The molecule has 2 aliphatic rings. The highest BCUT2D eigenvalue weighted by atomic mass is 32.2. The van der Waals surface area contributed by atoms with Gasteiger partial charge in [-0.3, -0.25) is 4.79 Å². The van der Waals surface area contributed by atoms with Crippen LogP contribution in [-0.4, -0.2) is 75.2 Å². The van der Waals surface area contributed by atoms with E-state index in [9.17, 15) is 21.6 Å². The van der Waals surface area contributed by atoms with Gasteiger partial charge in [0.25, 0.3) is 5.91 Å². The molecule has 0 spiro atoms. The normalized spacial score (nSPS) is 18.7. The second-order valence-electron chi connectivity index (χ2n) is 8.27. The van der Waals surface area contributed by atoms with Crippen LogP contribution in [0.4, 0.5) is 0 Å². The molecule has 0 N–H and O–H groups in total. The molecule has 32 heavy (non-hydrogen) atoms. The maximum atomic E-state index is 13.4. The lowest BCUT2D eigenvalue weighted by Crippen LogP contribution is -2.47. The maximum absolute atomic E-state index is 13.4. The zero-order valence-corrected chi connectivity index (χ0v) is 20.5. The molecule has 2 aliphatic heterocycles. The molecule has 2 aromatic rings. The lowest BCUT2D eigenvalue weighted by molar-refractivity contribution is 0.0687. The number of amides is 1. The Hall–Kier alpha value is -1.79. The van der Waals surface area contributed by atoms with Gasteiger partial charge in [0.1, 0.15) is 9.77 Å². The molecule has 1 aromatic heterocycles. The van der Waals surface area contributed by atoms with Crippen LogP contribution < -0.4 is 0 Å². The van der Waals surface area contributed by atoms with Gasteiger partial charge in [-0.2, -0.15) is 4.31 Å². The first-order chi connectivity index (χ1) is 15.1. The van der Waals surface area contributed by atoms with E-state index < -0.39 is 20.0 Å². The fraction of sp³-hybridized carbons (Fsp3) is 0.476. The third-order valence-corrected chi connectivity index (χ3v) is 10.6. The predicted molar refractivity (Wildman–Crippen MR) is 124 cm³/mol. The second-order valence-corrected chi connectivity index (χ2v) is 13.1. The largest absolute Gasteiger partial charge is 0.338 e. The quantitative estimate of drug-likeness (QED) is 0.630. The summed E-state index contributed by atoms with van der Waals surface area (Å²) in [5.74, 6) is -0.309. The molecule has 1 fully saturated rings. The van der Waals surface area contributed by atoms with Gasteiger partial charge in [-0.05, 0) is 41.8 Å². The Bertz CT molecular complexity index is 1210. The number of rotatable bonds is 5. The van der Waals surface area contributed by atoms with E-state index in [0.29, 0.717) is 45.4 Å². The van der Waals surface area contributed by atoms with Gasteiger partial charge in [0.15, 0.2) is 0 Å². The van der Waals surface area contributed by atoms with Crippen molar-refractivity contribution in [3.63, 3.8) is 0 Å². The fourth-order valence-electron chi connectivity index (χ4n) is 4.32. The third kappa shape index (κ3) is 4.49. The molecular weight excluding hydrogens is 470 g/mol. The number of sulfonamides is 2. The number of piperidine rings is 1. The van der Waals surface area contributed by atoms with Crippen molar-refractivity contribution in [2.24, 2.45) is 0 Å². The first-order valence-electron chi connectivity index (χ1n) is 10.5. The molecule has 0 radical (unpaired) electrons. The average molecular weight is 498 g/mol. The molecule has 4 rings (SSSR count). The summed E-state index contributed by atoms with van der Waals surface area (Å²) in [6.07, 6.45) is 2.86. The number of thiophene rings is 1. The fourth-order valence-corrected chi connectivity index (χ4v) is 7.85. The lowest BCUT2D eigenvalue weighted by Gasteiger charge is -2.35. The van der Waals surface area contributed by atoms with Gasteiger partial charge in [0.05, 0.1) is 6.26 Å². The standard InChI is InChI=1S/C21H27N3O5S3/c1-22(31(2,26)27)18-8-11-23(12-9-18)21(25)20-19(10-14-30-20)32(28,29)24-13-7-16-5-3-4-6-17(16)15-24/h3-6,10,14,18H,7-9,11-13,15H2,1-2H3. The van der Waals surface area contributed by atoms with Crippen molar-refractivity contribution in [1.82, 2.24) is 13.5 Å². The first-order valence-corrected chi connectivity index (χ1v) is 14.6. The Labute approximate surface area is 193 Å². The maximum Gasteiger partial charge on any atom is 0.265 e. The Morgan fingerprint density at radius 3 is 2.34 bits per heavy atom. The summed E-state index contributed by atoms with van der Waals surface area (Å²) in [5.41, 5.74) is 2.14. The monoisotopic (exact) mass is 497 g/mol. The summed E-state index contributed by atoms with van der Waals surface area (Å²) in [7, 11) is -5.55. The highest BCUT2D eigenvalue weighted by Crippen LogP contribution is 2.31. The molecule has 0 unspecified atom stereocenters. The van der Waals surface area contributed by atoms with Crippen LogP contribution in [0.3, 0.4) is 0 Å². The number of hydrogen-bond acceptors (Lipinski definition) is 6. The summed E-state index contributed by atoms with van der Waals surface area (Å²) < 4.78 is 53.2. The summed E-state index contributed by atoms with van der Waals surface area (Å²) in [6.45, 7) is 1.45. The molecule has 8 nitrogen and oxygen atoms in total. The number of likely N-dealkylation sites (tertiary alicyclic amines) is 1. The van der Waals surface area contributed by atoms with E-state index in [0.717, 1.165) is 22.5 Å². The van der Waals surface area contributed by atoms with Crippen LogP contribution in [-0.2, 0) is 33.0 Å². The van der Waals surface area contributed by atoms with E-state index in [1.165, 1.54) is 20.9 Å². The van der Waals surface area contributed by atoms with Crippen molar-refractivity contribution < 1.29 is 21.6 Å². The van der Waals surface area contributed by atoms with Crippen molar-refractivity contribution in [2.75, 3.05) is 32.9 Å². The van der Waals surface area contributed by atoms with E-state index in [1.54, 1.807) is 17.3 Å². The Kier molecular flexibility index (Phi) is 6.47. The zero-order valence-electron chi connectivity index (χ0n) is 18.1. The van der Waals surface area contributed by atoms with Gasteiger partial charge in [-0.1, -0.05) is 24.3 Å². The minimum atomic E-state index is -3.81. The van der Waals surface area contributed by atoms with E-state index in [4.69, 9.17) is 0 Å². The average Bonchev–Trinajstić information content (AvgIpc) is 3.28. The summed E-state index contributed by atoms with van der Waals surface area (Å²) in [4.78, 5) is 15.1. The van der Waals surface area contributed by atoms with Gasteiger partial charge in [0, 0.05) is 39.3 Å². The van der Waals surface area contributed by atoms with E-state index in [2.05, 4.69) is 0 Å². The molecule has 0 saturated carbocycles. The topological polar surface area (TPSA) is 95.1 Å². The molecule has 11 heteroatoms. The smallest absolute Gasteiger partial charge is 0.265 e. The van der Waals surface area contributed by atoms with Crippen LogP contribution in [0.15, 0.2) is 40.6 Å². The van der Waals surface area contributed by atoms with Crippen molar-refractivity contribution >= 4 is 37.3 Å². The summed E-state index contributed by atoms with van der Waals surface area (Å²) in [5, 5.41) is 1.64. The van der Waals surface area contributed by atoms with Gasteiger partial charge >= 0.3 is 0 Å². The minimum Gasteiger partial charge on any atom is -0.338 e. The molecule has 3 heterocycles. The SMILES string of the molecule is CN(C1CCN(C(=O)c2sccc2S(=O)(=O)N2CCc3ccccc3C2)CC1)S(C)(=O)=O. The molecule has 1 aromatic carbocycles. The Morgan fingerprint density at radius 1 is 1.03 bits per heavy atom. The predicted octanol–water partition coefficient (Wildman–Crippen LogP) is 1.99. The zero-order chi connectivity index (χ0) is 23.1. The number of carbonyl (C=O) groups is 1. The van der Waals surface area contributed by atoms with Crippen LogP contribution >= 0.6 is 11.3 Å². The minimum absolute atomic E-state index is 0.0576. The molecule has 0 bridgehead atoms. The van der Waals surface area contributed by atoms with E-state index in [-0.39, 0.29) is 21.7 Å². The van der Waals surface area contributed by atoms with Crippen LogP contribution in [0.5, 0.6) is 0 Å². The molecular formula is C21H27N3O5S3. The Balaban J connectivity index is 1.50. The summed E-state index contributed by atoms with van der Waals surface area (Å²) >= 11 is 1.14. The number of hydrogen-bond donors (Lipinski definition) is 0. The van der Waals surface area contributed by atoms with Crippen LogP contribution in [0.2, 0.25) is 0 Å². The number of fused-ring (bicyclic) bond motifs is 1. The number of nitrogens with zero attached hydrogens (tertiary/aromatic N) is 3. The van der Waals surface area contributed by atoms with Gasteiger partial charge < -0.3 is 4.90 Å². The first kappa shape index (κ1) is 23.4. The van der Waals surface area contributed by atoms with Crippen LogP contribution in [0.1, 0.15) is 33.6 Å². The summed E-state index contributed by atoms with van der Waals surface area (Å²) in [6, 6.07) is 9.17. The van der Waals surface area contributed by atoms with Crippen molar-refractivity contribution in [2.45, 2.75) is 36.7 Å². The number of carbonyl (C=O) groups excluding carboxylic acids is 1. The van der Waals surface area contributed by atoms with E-state index >= 15 is 0 Å². The van der Waals surface area contributed by atoms with Crippen LogP contribution in [0, 0.1) is 0 Å². The highest BCUT2D eigenvalue weighted by Gasteiger charge is 2.35. The van der Waals surface area contributed by atoms with Crippen LogP contribution in [0.25, 0.3) is 0 Å². The highest BCUT2D eigenvalue weighted by molar-refractivity contribution is 7.89. The van der Waals surface area contributed by atoms with Gasteiger partial charge in [-0.15, -0.1) is 11.3 Å². The van der Waals surface area contributed by atoms with Crippen molar-refractivity contribution in [3.05, 3.63) is 51.7 Å².